The van der Waals surface area contributed by atoms with E-state index in [-0.39, 0.29) is 11.9 Å². The van der Waals surface area contributed by atoms with Gasteiger partial charge in [-0.3, -0.25) is 14.7 Å². The van der Waals surface area contributed by atoms with Crippen LogP contribution in [-0.2, 0) is 24.1 Å². The molecule has 0 radical (unpaired) electrons. The number of amides is 1. The summed E-state index contributed by atoms with van der Waals surface area (Å²) in [5.41, 5.74) is 4.96. The Bertz CT molecular complexity index is 1780. The molecule has 0 aliphatic carbocycles. The number of imidazole rings is 1. The molecule has 6 rings (SSSR count). The second kappa shape index (κ2) is 13.6. The van der Waals surface area contributed by atoms with Crippen LogP contribution in [0.5, 0.6) is 0 Å². The van der Waals surface area contributed by atoms with Crippen molar-refractivity contribution in [1.82, 2.24) is 24.2 Å². The van der Waals surface area contributed by atoms with E-state index in [0.29, 0.717) is 12.1 Å². The molecule has 5 aromatic rings. The molecule has 0 unspecified atom stereocenters. The van der Waals surface area contributed by atoms with Gasteiger partial charge in [0.15, 0.2) is 0 Å². The van der Waals surface area contributed by atoms with E-state index in [9.17, 15) is 18.0 Å². The maximum Gasteiger partial charge on any atom is 0.416 e. The Morgan fingerprint density at radius 1 is 0.891 bits per heavy atom. The Morgan fingerprint density at radius 3 is 2.28 bits per heavy atom. The molecule has 0 N–H and O–H groups in total. The molecule has 4 heterocycles. The molecular weight excluding hydrogens is 589 g/mol. The van der Waals surface area contributed by atoms with Crippen LogP contribution in [0.3, 0.4) is 0 Å². The lowest BCUT2D eigenvalue weighted by Gasteiger charge is -2.38. The number of pyridine rings is 2. The third-order valence-corrected chi connectivity index (χ3v) is 8.53. The number of anilines is 2. The summed E-state index contributed by atoms with van der Waals surface area (Å²) in [5, 5.41) is 0. The minimum atomic E-state index is -4.40. The number of likely N-dealkylation sites (tertiary alicyclic amines) is 1. The van der Waals surface area contributed by atoms with Crippen molar-refractivity contribution in [1.29, 1.82) is 0 Å². The smallest absolute Gasteiger partial charge is 0.345 e. The van der Waals surface area contributed by atoms with Crippen molar-refractivity contribution in [3.05, 3.63) is 132 Å². The Labute approximate surface area is 266 Å². The number of hydrogen-bond donors (Lipinski definition) is 0. The molecule has 1 fully saturated rings. The van der Waals surface area contributed by atoms with Gasteiger partial charge < -0.3 is 14.2 Å². The van der Waals surface area contributed by atoms with Crippen LogP contribution in [0.1, 0.15) is 35.1 Å². The largest absolute Gasteiger partial charge is 0.416 e. The number of rotatable bonds is 9. The molecular formula is C36H35F3N6O. The molecule has 1 aliphatic heterocycles. The van der Waals surface area contributed by atoms with E-state index in [1.165, 1.54) is 23.8 Å². The highest BCUT2D eigenvalue weighted by molar-refractivity contribution is 5.92. The monoisotopic (exact) mass is 624 g/mol. The summed E-state index contributed by atoms with van der Waals surface area (Å²) in [5.74, 6) is -0.166. The zero-order valence-corrected chi connectivity index (χ0v) is 25.5. The molecule has 0 atom stereocenters. The zero-order valence-electron chi connectivity index (χ0n) is 25.5. The molecule has 1 amide bonds. The van der Waals surface area contributed by atoms with Crippen LogP contribution < -0.4 is 4.90 Å². The maximum atomic E-state index is 13.7. The average Bonchev–Trinajstić information content (AvgIpc) is 3.55. The fourth-order valence-corrected chi connectivity index (χ4v) is 5.87. The summed E-state index contributed by atoms with van der Waals surface area (Å²) in [7, 11) is 1.99. The number of halogens is 3. The third kappa shape index (κ3) is 7.46. The Hall–Kier alpha value is -4.96. The van der Waals surface area contributed by atoms with Crippen molar-refractivity contribution < 1.29 is 18.0 Å². The van der Waals surface area contributed by atoms with E-state index in [4.69, 9.17) is 0 Å². The van der Waals surface area contributed by atoms with E-state index in [2.05, 4.69) is 31.9 Å². The highest BCUT2D eigenvalue weighted by Gasteiger charge is 2.30. The number of carbonyl (C=O) groups excluding carboxylic acids is 1. The fraction of sp³-hybridized carbons (Fsp3) is 0.250. The molecule has 10 heteroatoms. The fourth-order valence-electron chi connectivity index (χ4n) is 5.87. The molecule has 0 saturated carbocycles. The van der Waals surface area contributed by atoms with Gasteiger partial charge in [0.1, 0.15) is 5.65 Å². The second-order valence-electron chi connectivity index (χ2n) is 11.6. The second-order valence-corrected chi connectivity index (χ2v) is 11.6. The summed E-state index contributed by atoms with van der Waals surface area (Å²) >= 11 is 0. The molecule has 7 nitrogen and oxygen atoms in total. The van der Waals surface area contributed by atoms with E-state index < -0.39 is 11.7 Å². The number of nitrogens with zero attached hydrogens (tertiary/aromatic N) is 6. The van der Waals surface area contributed by atoms with Gasteiger partial charge in [0.2, 0.25) is 5.91 Å². The minimum Gasteiger partial charge on any atom is -0.345 e. The topological polar surface area (TPSA) is 57.0 Å². The van der Waals surface area contributed by atoms with Gasteiger partial charge in [-0.05, 0) is 84.1 Å². The summed E-state index contributed by atoms with van der Waals surface area (Å²) in [6, 6.07) is 21.1. The van der Waals surface area contributed by atoms with Gasteiger partial charge in [-0.1, -0.05) is 24.3 Å². The van der Waals surface area contributed by atoms with Crippen LogP contribution >= 0.6 is 0 Å². The summed E-state index contributed by atoms with van der Waals surface area (Å²) < 4.78 is 41.0. The van der Waals surface area contributed by atoms with Crippen LogP contribution in [-0.4, -0.2) is 56.3 Å². The van der Waals surface area contributed by atoms with Crippen molar-refractivity contribution in [2.45, 2.75) is 38.1 Å². The first kappa shape index (κ1) is 31.0. The standard InChI is InChI=1S/C36H35F3N6O/c1-42(32-12-17-40-18-13-32)31-9-4-28(5-10-31)26-45(35(46)11-6-27-2-7-30(8-3-27)36(37,38)39)33-15-20-43(21-16-33)25-29-14-22-44-23-19-41-34(44)24-29/h2-14,17-19,22-24,33H,15-16,20-21,25-26H2,1H3/b11-6+. The Morgan fingerprint density at radius 2 is 1.59 bits per heavy atom. The van der Waals surface area contributed by atoms with Crippen molar-refractivity contribution >= 4 is 29.0 Å². The van der Waals surface area contributed by atoms with Crippen LogP contribution in [0.2, 0.25) is 0 Å². The highest BCUT2D eigenvalue weighted by Crippen LogP contribution is 2.30. The number of hydrogen-bond acceptors (Lipinski definition) is 5. The van der Waals surface area contributed by atoms with Gasteiger partial charge in [0.05, 0.1) is 5.56 Å². The molecule has 3 aromatic heterocycles. The molecule has 0 spiro atoms. The van der Waals surface area contributed by atoms with E-state index in [1.54, 1.807) is 24.7 Å². The lowest BCUT2D eigenvalue weighted by molar-refractivity contribution is -0.137. The van der Waals surface area contributed by atoms with Crippen LogP contribution in [0.4, 0.5) is 24.5 Å². The number of piperidine rings is 1. The number of aromatic nitrogens is 3. The molecule has 2 aromatic carbocycles. The molecule has 236 valence electrons. The first-order valence-corrected chi connectivity index (χ1v) is 15.3. The van der Waals surface area contributed by atoms with Gasteiger partial charge in [-0.2, -0.15) is 13.2 Å². The predicted octanol–water partition coefficient (Wildman–Crippen LogP) is 7.22. The number of carbonyl (C=O) groups is 1. The lowest BCUT2D eigenvalue weighted by Crippen LogP contribution is -2.46. The van der Waals surface area contributed by atoms with Crippen molar-refractivity contribution in [2.24, 2.45) is 0 Å². The van der Waals surface area contributed by atoms with Gasteiger partial charge >= 0.3 is 6.18 Å². The van der Waals surface area contributed by atoms with Crippen LogP contribution in [0, 0.1) is 0 Å². The molecule has 1 saturated heterocycles. The van der Waals surface area contributed by atoms with E-state index >= 15 is 0 Å². The first-order chi connectivity index (χ1) is 22.2. The van der Waals surface area contributed by atoms with E-state index in [0.717, 1.165) is 67.2 Å². The minimum absolute atomic E-state index is 0.0231. The van der Waals surface area contributed by atoms with Gasteiger partial charge in [-0.25, -0.2) is 4.98 Å². The molecule has 1 aliphatic rings. The van der Waals surface area contributed by atoms with Crippen molar-refractivity contribution in [2.75, 3.05) is 25.0 Å². The van der Waals surface area contributed by atoms with Crippen LogP contribution in [0.15, 0.2) is 110 Å². The van der Waals surface area contributed by atoms with Crippen molar-refractivity contribution in [3.63, 3.8) is 0 Å². The SMILES string of the molecule is CN(c1ccncc1)c1ccc(CN(C(=O)/C=C/c2ccc(C(F)(F)F)cc2)C2CCN(Cc3ccn4ccnc4c3)CC2)cc1. The number of benzene rings is 2. The Balaban J connectivity index is 1.16. The van der Waals surface area contributed by atoms with Gasteiger partial charge in [-0.15, -0.1) is 0 Å². The van der Waals surface area contributed by atoms with Gasteiger partial charge in [0.25, 0.3) is 0 Å². The third-order valence-electron chi connectivity index (χ3n) is 8.53. The summed E-state index contributed by atoms with van der Waals surface area (Å²) in [4.78, 5) is 28.5. The first-order valence-electron chi connectivity index (χ1n) is 15.3. The highest BCUT2D eigenvalue weighted by atomic mass is 19.4. The van der Waals surface area contributed by atoms with Crippen LogP contribution in [0.25, 0.3) is 11.7 Å². The maximum absolute atomic E-state index is 13.7. The Kier molecular flexibility index (Phi) is 9.16. The lowest BCUT2D eigenvalue weighted by atomic mass is 10.0. The normalized spacial score (nSPS) is 14.6. The number of alkyl halides is 3. The average molecular weight is 625 g/mol. The quantitative estimate of drug-likeness (QED) is 0.162. The van der Waals surface area contributed by atoms with Crippen molar-refractivity contribution in [3.8, 4) is 0 Å². The summed E-state index contributed by atoms with van der Waals surface area (Å²) in [6.07, 6.45) is 9.53. The van der Waals surface area contributed by atoms with E-state index in [1.807, 2.05) is 65.1 Å². The predicted molar refractivity (Wildman–Crippen MR) is 173 cm³/mol. The zero-order chi connectivity index (χ0) is 32.1. The number of fused-ring (bicyclic) bond motifs is 1. The molecule has 0 bridgehead atoms. The molecule has 46 heavy (non-hydrogen) atoms. The summed E-state index contributed by atoms with van der Waals surface area (Å²) in [6.45, 7) is 2.92. The van der Waals surface area contributed by atoms with Gasteiger partial charge in [0, 0.05) is 87.7 Å².